The van der Waals surface area contributed by atoms with E-state index in [2.05, 4.69) is 0 Å². The Morgan fingerprint density at radius 1 is 0.870 bits per heavy atom. The number of hydrogen-bond acceptors (Lipinski definition) is 3. The van der Waals surface area contributed by atoms with Crippen molar-refractivity contribution in [1.29, 1.82) is 0 Å². The maximum absolute atomic E-state index is 12.4. The molecule has 0 atom stereocenters. The molecule has 0 radical (unpaired) electrons. The van der Waals surface area contributed by atoms with Gasteiger partial charge in [-0.3, -0.25) is 14.4 Å². The van der Waals surface area contributed by atoms with Gasteiger partial charge < -0.3 is 14.9 Å². The summed E-state index contributed by atoms with van der Waals surface area (Å²) in [7, 11) is 0. The molecule has 0 aromatic heterocycles. The number of carbonyl (C=O) groups is 3. The van der Waals surface area contributed by atoms with E-state index in [4.69, 9.17) is 5.11 Å². The highest BCUT2D eigenvalue weighted by Crippen LogP contribution is 2.11. The summed E-state index contributed by atoms with van der Waals surface area (Å²) >= 11 is 0. The second kappa shape index (κ2) is 8.92. The van der Waals surface area contributed by atoms with E-state index in [1.54, 1.807) is 29.2 Å². The standard InChI is InChI=1S/C17H24N2O4/c1-4-11-19(12-15(20)21)17(23)14-9-7-13(8-10-14)16(22)18(5-2)6-3/h7-10H,4-6,11-12H2,1-3H3,(H,20,21). The fourth-order valence-corrected chi connectivity index (χ4v) is 2.32. The molecule has 1 rings (SSSR count). The van der Waals surface area contributed by atoms with Crippen LogP contribution in [0.1, 0.15) is 47.9 Å². The molecule has 0 saturated heterocycles. The molecule has 126 valence electrons. The van der Waals surface area contributed by atoms with Crippen LogP contribution in [0, 0.1) is 0 Å². The van der Waals surface area contributed by atoms with Crippen LogP contribution in [0.25, 0.3) is 0 Å². The first kappa shape index (κ1) is 18.7. The molecular formula is C17H24N2O4. The smallest absolute Gasteiger partial charge is 0.323 e. The first-order chi connectivity index (χ1) is 10.9. The molecule has 1 aromatic rings. The molecule has 0 unspecified atom stereocenters. The highest BCUT2D eigenvalue weighted by molar-refractivity contribution is 5.98. The van der Waals surface area contributed by atoms with Gasteiger partial charge in [0.25, 0.3) is 11.8 Å². The average molecular weight is 320 g/mol. The second-order valence-electron chi connectivity index (χ2n) is 5.18. The SMILES string of the molecule is CCCN(CC(=O)O)C(=O)c1ccc(C(=O)N(CC)CC)cc1. The molecule has 0 aliphatic heterocycles. The van der Waals surface area contributed by atoms with E-state index in [1.807, 2.05) is 20.8 Å². The Morgan fingerprint density at radius 3 is 1.65 bits per heavy atom. The number of benzene rings is 1. The summed E-state index contributed by atoms with van der Waals surface area (Å²) in [6.45, 7) is 7.01. The number of rotatable bonds is 8. The zero-order chi connectivity index (χ0) is 17.4. The van der Waals surface area contributed by atoms with E-state index in [-0.39, 0.29) is 18.4 Å². The first-order valence-corrected chi connectivity index (χ1v) is 7.84. The Bertz CT molecular complexity index is 550. The maximum atomic E-state index is 12.4. The molecule has 0 spiro atoms. The molecule has 0 saturated carbocycles. The van der Waals surface area contributed by atoms with Crippen molar-refractivity contribution < 1.29 is 19.5 Å². The molecule has 0 heterocycles. The van der Waals surface area contributed by atoms with Crippen LogP contribution in [-0.2, 0) is 4.79 Å². The van der Waals surface area contributed by atoms with Gasteiger partial charge in [0.1, 0.15) is 6.54 Å². The van der Waals surface area contributed by atoms with Crippen molar-refractivity contribution in [3.05, 3.63) is 35.4 Å². The number of amides is 2. The summed E-state index contributed by atoms with van der Waals surface area (Å²) in [5.74, 6) is -1.46. The third-order valence-electron chi connectivity index (χ3n) is 3.54. The van der Waals surface area contributed by atoms with Crippen molar-refractivity contribution in [2.45, 2.75) is 27.2 Å². The predicted octanol–water partition coefficient (Wildman–Crippen LogP) is 2.11. The highest BCUT2D eigenvalue weighted by atomic mass is 16.4. The molecule has 6 nitrogen and oxygen atoms in total. The molecular weight excluding hydrogens is 296 g/mol. The zero-order valence-corrected chi connectivity index (χ0v) is 13.9. The molecule has 0 bridgehead atoms. The fourth-order valence-electron chi connectivity index (χ4n) is 2.32. The fraction of sp³-hybridized carbons (Fsp3) is 0.471. The lowest BCUT2D eigenvalue weighted by molar-refractivity contribution is -0.137. The first-order valence-electron chi connectivity index (χ1n) is 7.84. The third-order valence-corrected chi connectivity index (χ3v) is 3.54. The van der Waals surface area contributed by atoms with Gasteiger partial charge in [-0.2, -0.15) is 0 Å². The van der Waals surface area contributed by atoms with E-state index in [0.717, 1.165) is 0 Å². The van der Waals surface area contributed by atoms with Gasteiger partial charge in [0, 0.05) is 30.8 Å². The molecule has 23 heavy (non-hydrogen) atoms. The summed E-state index contributed by atoms with van der Waals surface area (Å²) in [5, 5.41) is 8.89. The molecule has 0 aliphatic rings. The van der Waals surface area contributed by atoms with Crippen molar-refractivity contribution in [3.8, 4) is 0 Å². The lowest BCUT2D eigenvalue weighted by atomic mass is 10.1. The monoisotopic (exact) mass is 320 g/mol. The van der Waals surface area contributed by atoms with Crippen LogP contribution in [0.5, 0.6) is 0 Å². The Hall–Kier alpha value is -2.37. The summed E-state index contributed by atoms with van der Waals surface area (Å²) in [4.78, 5) is 38.4. The van der Waals surface area contributed by atoms with E-state index < -0.39 is 5.97 Å². The number of aliphatic carboxylic acids is 1. The summed E-state index contributed by atoms with van der Waals surface area (Å²) in [6.07, 6.45) is 0.678. The summed E-state index contributed by atoms with van der Waals surface area (Å²) in [6, 6.07) is 6.37. The van der Waals surface area contributed by atoms with E-state index in [1.165, 1.54) is 4.90 Å². The van der Waals surface area contributed by atoms with Crippen LogP contribution in [0.15, 0.2) is 24.3 Å². The van der Waals surface area contributed by atoms with Gasteiger partial charge in [-0.25, -0.2) is 0 Å². The zero-order valence-electron chi connectivity index (χ0n) is 13.9. The van der Waals surface area contributed by atoms with E-state index in [0.29, 0.717) is 37.2 Å². The van der Waals surface area contributed by atoms with E-state index >= 15 is 0 Å². The highest BCUT2D eigenvalue weighted by Gasteiger charge is 2.19. The molecule has 6 heteroatoms. The van der Waals surface area contributed by atoms with Crippen LogP contribution < -0.4 is 0 Å². The van der Waals surface area contributed by atoms with Crippen LogP contribution in [0.4, 0.5) is 0 Å². The Kier molecular flexibility index (Phi) is 7.25. The number of carboxylic acids is 1. The minimum atomic E-state index is -1.04. The molecule has 0 fully saturated rings. The van der Waals surface area contributed by atoms with Gasteiger partial charge in [-0.05, 0) is 44.5 Å². The third kappa shape index (κ3) is 5.09. The van der Waals surface area contributed by atoms with Crippen molar-refractivity contribution in [2.75, 3.05) is 26.2 Å². The van der Waals surface area contributed by atoms with Crippen molar-refractivity contribution >= 4 is 17.8 Å². The molecule has 2 amide bonds. The Labute approximate surface area is 136 Å². The lowest BCUT2D eigenvalue weighted by Crippen LogP contribution is -2.36. The lowest BCUT2D eigenvalue weighted by Gasteiger charge is -2.21. The number of nitrogens with zero attached hydrogens (tertiary/aromatic N) is 2. The van der Waals surface area contributed by atoms with Gasteiger partial charge in [-0.1, -0.05) is 6.92 Å². The van der Waals surface area contributed by atoms with Crippen LogP contribution in [0.3, 0.4) is 0 Å². The van der Waals surface area contributed by atoms with Gasteiger partial charge in [0.15, 0.2) is 0 Å². The number of carbonyl (C=O) groups excluding carboxylic acids is 2. The number of carboxylic acid groups (broad SMARTS) is 1. The van der Waals surface area contributed by atoms with E-state index in [9.17, 15) is 14.4 Å². The van der Waals surface area contributed by atoms with Crippen LogP contribution in [-0.4, -0.2) is 58.9 Å². The quantitative estimate of drug-likeness (QED) is 0.796. The number of hydrogen-bond donors (Lipinski definition) is 1. The predicted molar refractivity (Wildman–Crippen MR) is 87.5 cm³/mol. The second-order valence-corrected chi connectivity index (χ2v) is 5.18. The topological polar surface area (TPSA) is 77.9 Å². The van der Waals surface area contributed by atoms with Gasteiger partial charge in [0.2, 0.25) is 0 Å². The van der Waals surface area contributed by atoms with Gasteiger partial charge in [0.05, 0.1) is 0 Å². The minimum Gasteiger partial charge on any atom is -0.480 e. The summed E-state index contributed by atoms with van der Waals surface area (Å²) < 4.78 is 0. The maximum Gasteiger partial charge on any atom is 0.323 e. The summed E-state index contributed by atoms with van der Waals surface area (Å²) in [5.41, 5.74) is 0.904. The largest absolute Gasteiger partial charge is 0.480 e. The van der Waals surface area contributed by atoms with Crippen molar-refractivity contribution in [1.82, 2.24) is 9.80 Å². The van der Waals surface area contributed by atoms with Crippen LogP contribution >= 0.6 is 0 Å². The Morgan fingerprint density at radius 2 is 1.30 bits per heavy atom. The van der Waals surface area contributed by atoms with Crippen LogP contribution in [0.2, 0.25) is 0 Å². The molecule has 0 aliphatic carbocycles. The van der Waals surface area contributed by atoms with Gasteiger partial charge >= 0.3 is 5.97 Å². The van der Waals surface area contributed by atoms with Crippen molar-refractivity contribution in [2.24, 2.45) is 0 Å². The normalized spacial score (nSPS) is 10.2. The minimum absolute atomic E-state index is 0.0788. The Balaban J connectivity index is 2.91. The average Bonchev–Trinajstić information content (AvgIpc) is 2.54. The van der Waals surface area contributed by atoms with Gasteiger partial charge in [-0.15, -0.1) is 0 Å². The molecule has 1 aromatic carbocycles. The molecule has 1 N–H and O–H groups in total. The van der Waals surface area contributed by atoms with Crippen molar-refractivity contribution in [3.63, 3.8) is 0 Å².